The first kappa shape index (κ1) is 17.6. The molecule has 0 fully saturated rings. The Bertz CT molecular complexity index is 895. The van der Waals surface area contributed by atoms with Crippen molar-refractivity contribution in [2.24, 2.45) is 5.16 Å². The Kier molecular flexibility index (Phi) is 4.97. The van der Waals surface area contributed by atoms with Crippen LogP contribution in [0.25, 0.3) is 0 Å². The first-order valence-electron chi connectivity index (χ1n) is 8.14. The van der Waals surface area contributed by atoms with Gasteiger partial charge in [-0.25, -0.2) is 4.39 Å². The molecule has 0 aromatic heterocycles. The Morgan fingerprint density at radius 2 is 1.92 bits per heavy atom. The molecule has 7 heteroatoms. The molecule has 0 aliphatic carbocycles. The Labute approximate surface area is 150 Å². The van der Waals surface area contributed by atoms with E-state index in [0.717, 1.165) is 5.56 Å². The number of oxime groups is 1. The van der Waals surface area contributed by atoms with Gasteiger partial charge in [0.25, 0.3) is 11.8 Å². The smallest absolute Gasteiger partial charge is 0.258 e. The highest BCUT2D eigenvalue weighted by molar-refractivity contribution is 6.08. The Morgan fingerprint density at radius 3 is 2.62 bits per heavy atom. The molecule has 0 saturated heterocycles. The van der Waals surface area contributed by atoms with Crippen LogP contribution in [0.5, 0.6) is 0 Å². The van der Waals surface area contributed by atoms with E-state index in [1.165, 1.54) is 18.2 Å². The second-order valence-electron chi connectivity index (χ2n) is 6.08. The number of halogens is 1. The average Bonchev–Trinajstić information content (AvgIpc) is 3.02. The molecule has 1 aliphatic heterocycles. The van der Waals surface area contributed by atoms with Crippen molar-refractivity contribution < 1.29 is 18.8 Å². The predicted octanol–water partition coefficient (Wildman–Crippen LogP) is 3.24. The number of carbonyl (C=O) groups excluding carboxylic acids is 2. The van der Waals surface area contributed by atoms with Gasteiger partial charge in [-0.1, -0.05) is 23.4 Å². The van der Waals surface area contributed by atoms with Gasteiger partial charge in [0.15, 0.2) is 5.84 Å². The van der Waals surface area contributed by atoms with Gasteiger partial charge in [-0.2, -0.15) is 0 Å². The second-order valence-corrected chi connectivity index (χ2v) is 6.08. The monoisotopic (exact) mass is 355 g/mol. The minimum atomic E-state index is -0.607. The van der Waals surface area contributed by atoms with Crippen LogP contribution in [0.15, 0.2) is 47.6 Å². The van der Waals surface area contributed by atoms with Crippen molar-refractivity contribution >= 4 is 23.3 Å². The normalized spacial score (nSPS) is 15.8. The molecule has 6 nitrogen and oxygen atoms in total. The summed E-state index contributed by atoms with van der Waals surface area (Å²) in [7, 11) is 0. The fourth-order valence-corrected chi connectivity index (χ4v) is 2.51. The molecular weight excluding hydrogens is 337 g/mol. The third kappa shape index (κ3) is 3.88. The molecule has 2 aromatic carbocycles. The number of amides is 2. The van der Waals surface area contributed by atoms with Crippen molar-refractivity contribution in [2.75, 3.05) is 5.32 Å². The van der Waals surface area contributed by atoms with Crippen LogP contribution in [-0.4, -0.2) is 23.8 Å². The molecule has 0 saturated carbocycles. The molecule has 0 spiro atoms. The van der Waals surface area contributed by atoms with E-state index < -0.39 is 11.7 Å². The summed E-state index contributed by atoms with van der Waals surface area (Å²) in [6, 6.07) is 10.6. The predicted molar refractivity (Wildman–Crippen MR) is 95.6 cm³/mol. The topological polar surface area (TPSA) is 79.8 Å². The number of benzene rings is 2. The molecule has 134 valence electrons. The van der Waals surface area contributed by atoms with Crippen molar-refractivity contribution in [1.82, 2.24) is 5.32 Å². The van der Waals surface area contributed by atoms with Crippen LogP contribution >= 0.6 is 0 Å². The average molecular weight is 355 g/mol. The number of rotatable bonds is 3. The highest BCUT2D eigenvalue weighted by atomic mass is 19.1. The van der Waals surface area contributed by atoms with E-state index in [1.54, 1.807) is 31.2 Å². The third-order valence-corrected chi connectivity index (χ3v) is 3.95. The number of hydrogen-bond acceptors (Lipinski definition) is 4. The molecule has 0 radical (unpaired) electrons. The van der Waals surface area contributed by atoms with Gasteiger partial charge >= 0.3 is 0 Å². The van der Waals surface area contributed by atoms with Gasteiger partial charge in [-0.05, 0) is 43.7 Å². The molecule has 26 heavy (non-hydrogen) atoms. The maximum absolute atomic E-state index is 13.8. The number of nitrogens with one attached hydrogen (secondary N) is 2. The summed E-state index contributed by atoms with van der Waals surface area (Å²) in [5.41, 5.74) is 1.47. The molecular formula is C19H18FN3O3. The maximum atomic E-state index is 13.8. The quantitative estimate of drug-likeness (QED) is 0.887. The maximum Gasteiger partial charge on any atom is 0.258 e. The summed E-state index contributed by atoms with van der Waals surface area (Å²) < 4.78 is 13.8. The molecule has 1 heterocycles. The number of carbonyl (C=O) groups is 2. The van der Waals surface area contributed by atoms with Gasteiger partial charge in [-0.15, -0.1) is 0 Å². The van der Waals surface area contributed by atoms with Crippen molar-refractivity contribution in [1.29, 1.82) is 0 Å². The highest BCUT2D eigenvalue weighted by Gasteiger charge is 2.19. The summed E-state index contributed by atoms with van der Waals surface area (Å²) in [6.45, 7) is 3.64. The molecule has 1 unspecified atom stereocenters. The lowest BCUT2D eigenvalue weighted by molar-refractivity contribution is 0.0966. The van der Waals surface area contributed by atoms with Gasteiger partial charge in [0, 0.05) is 17.7 Å². The van der Waals surface area contributed by atoms with E-state index >= 15 is 0 Å². The lowest BCUT2D eigenvalue weighted by atomic mass is 10.1. The Balaban J connectivity index is 1.76. The standard InChI is InChI=1S/C19H18FN3O3/c1-11-7-8-13(18(24)22-17-9-12(2)26-23-17)10-16(11)21-19(25)14-5-3-4-6-15(14)20/h3-8,10,12H,9H2,1-2H3,(H,21,25)(H,22,23,24). The van der Waals surface area contributed by atoms with Crippen LogP contribution in [0.4, 0.5) is 10.1 Å². The molecule has 1 aliphatic rings. The van der Waals surface area contributed by atoms with E-state index in [-0.39, 0.29) is 17.6 Å². The zero-order valence-electron chi connectivity index (χ0n) is 14.4. The first-order chi connectivity index (χ1) is 12.4. The van der Waals surface area contributed by atoms with Gasteiger partial charge in [0.1, 0.15) is 11.9 Å². The van der Waals surface area contributed by atoms with Crippen LogP contribution in [0.3, 0.4) is 0 Å². The fraction of sp³-hybridized carbons (Fsp3) is 0.211. The van der Waals surface area contributed by atoms with Crippen LogP contribution in [0.2, 0.25) is 0 Å². The van der Waals surface area contributed by atoms with Crippen molar-refractivity contribution in [3.8, 4) is 0 Å². The number of amidine groups is 1. The van der Waals surface area contributed by atoms with Gasteiger partial charge in [-0.3, -0.25) is 9.59 Å². The first-order valence-corrected chi connectivity index (χ1v) is 8.14. The third-order valence-electron chi connectivity index (χ3n) is 3.95. The van der Waals surface area contributed by atoms with Gasteiger partial charge < -0.3 is 15.5 Å². The van der Waals surface area contributed by atoms with E-state index in [0.29, 0.717) is 23.5 Å². The lowest BCUT2D eigenvalue weighted by Crippen LogP contribution is -2.30. The molecule has 1 atom stereocenters. The minimum absolute atomic E-state index is 0.0618. The molecule has 2 aromatic rings. The molecule has 2 N–H and O–H groups in total. The number of nitrogens with zero attached hydrogens (tertiary/aromatic N) is 1. The van der Waals surface area contributed by atoms with Crippen LogP contribution in [-0.2, 0) is 4.84 Å². The van der Waals surface area contributed by atoms with Crippen molar-refractivity contribution in [3.05, 3.63) is 65.0 Å². The SMILES string of the molecule is Cc1ccc(C(=O)NC2=NOC(C)C2)cc1NC(=O)c1ccccc1F. The van der Waals surface area contributed by atoms with Crippen molar-refractivity contribution in [3.63, 3.8) is 0 Å². The molecule has 3 rings (SSSR count). The number of hydrogen-bond donors (Lipinski definition) is 2. The van der Waals surface area contributed by atoms with Gasteiger partial charge in [0.05, 0.1) is 5.56 Å². The Hall–Kier alpha value is -3.22. The van der Waals surface area contributed by atoms with E-state index in [4.69, 9.17) is 4.84 Å². The summed E-state index contributed by atoms with van der Waals surface area (Å²) in [5.74, 6) is -1.08. The van der Waals surface area contributed by atoms with E-state index in [1.807, 2.05) is 6.92 Å². The highest BCUT2D eigenvalue weighted by Crippen LogP contribution is 2.19. The largest absolute Gasteiger partial charge is 0.391 e. The van der Waals surface area contributed by atoms with E-state index in [9.17, 15) is 14.0 Å². The zero-order chi connectivity index (χ0) is 18.7. The molecule has 0 bridgehead atoms. The minimum Gasteiger partial charge on any atom is -0.391 e. The Morgan fingerprint density at radius 1 is 1.15 bits per heavy atom. The fourth-order valence-electron chi connectivity index (χ4n) is 2.51. The zero-order valence-corrected chi connectivity index (χ0v) is 14.4. The summed E-state index contributed by atoms with van der Waals surface area (Å²) >= 11 is 0. The van der Waals surface area contributed by atoms with Gasteiger partial charge in [0.2, 0.25) is 0 Å². The van der Waals surface area contributed by atoms with E-state index in [2.05, 4.69) is 15.8 Å². The molecule has 2 amide bonds. The number of aryl methyl sites for hydroxylation is 1. The second kappa shape index (κ2) is 7.35. The van der Waals surface area contributed by atoms with Crippen LogP contribution < -0.4 is 10.6 Å². The number of anilines is 1. The summed E-state index contributed by atoms with van der Waals surface area (Å²) in [6.07, 6.45) is 0.452. The summed E-state index contributed by atoms with van der Waals surface area (Å²) in [5, 5.41) is 9.12. The van der Waals surface area contributed by atoms with Crippen LogP contribution in [0.1, 0.15) is 39.6 Å². The van der Waals surface area contributed by atoms with Crippen molar-refractivity contribution in [2.45, 2.75) is 26.4 Å². The summed E-state index contributed by atoms with van der Waals surface area (Å²) in [4.78, 5) is 29.7. The van der Waals surface area contributed by atoms with Crippen LogP contribution in [0, 0.1) is 12.7 Å². The lowest BCUT2D eigenvalue weighted by Gasteiger charge is -2.11.